The molecule has 0 aliphatic carbocycles. The van der Waals surface area contributed by atoms with Crippen molar-refractivity contribution in [2.24, 2.45) is 5.73 Å². The van der Waals surface area contributed by atoms with Gasteiger partial charge in [-0.2, -0.15) is 0 Å². The van der Waals surface area contributed by atoms with Crippen LogP contribution in [0.4, 0.5) is 0 Å². The number of rotatable bonds is 3. The molecule has 0 saturated carbocycles. The van der Waals surface area contributed by atoms with Gasteiger partial charge in [0.25, 0.3) is 0 Å². The first kappa shape index (κ1) is 9.74. The number of amides is 1. The molecule has 0 aromatic carbocycles. The quantitative estimate of drug-likeness (QED) is 0.799. The Morgan fingerprint density at radius 3 is 3.08 bits per heavy atom. The van der Waals surface area contributed by atoms with Gasteiger partial charge in [0.1, 0.15) is 0 Å². The Morgan fingerprint density at radius 1 is 1.69 bits per heavy atom. The molecular formula is C9H9ClN2O. The maximum Gasteiger partial charge on any atom is 0.221 e. The lowest BCUT2D eigenvalue weighted by atomic mass is 10.3. The predicted molar refractivity (Wildman–Crippen MR) is 52.1 cm³/mol. The molecule has 0 fully saturated rings. The molecule has 0 aliphatic rings. The van der Waals surface area contributed by atoms with Crippen LogP contribution in [0.15, 0.2) is 24.4 Å². The van der Waals surface area contributed by atoms with E-state index in [1.807, 2.05) is 0 Å². The van der Waals surface area contributed by atoms with Gasteiger partial charge >= 0.3 is 0 Å². The first-order valence-corrected chi connectivity index (χ1v) is 4.13. The first-order chi connectivity index (χ1) is 6.20. The molecular weight excluding hydrogens is 188 g/mol. The summed E-state index contributed by atoms with van der Waals surface area (Å²) in [6.07, 6.45) is 5.15. The predicted octanol–water partition coefficient (Wildman–Crippen LogP) is 1.62. The van der Waals surface area contributed by atoms with Gasteiger partial charge in [0, 0.05) is 12.6 Å². The van der Waals surface area contributed by atoms with Crippen LogP contribution in [0.1, 0.15) is 12.1 Å². The Kier molecular flexibility index (Phi) is 3.46. The molecule has 1 rings (SSSR count). The van der Waals surface area contributed by atoms with Gasteiger partial charge in [-0.05, 0) is 18.2 Å². The van der Waals surface area contributed by atoms with Crippen LogP contribution in [0.2, 0.25) is 5.02 Å². The molecule has 0 atom stereocenters. The zero-order valence-electron chi connectivity index (χ0n) is 6.90. The number of hydrogen-bond acceptors (Lipinski definition) is 2. The van der Waals surface area contributed by atoms with Crippen molar-refractivity contribution in [3.63, 3.8) is 0 Å². The molecule has 1 heterocycles. The second-order valence-corrected chi connectivity index (χ2v) is 2.85. The second kappa shape index (κ2) is 4.62. The molecule has 0 unspecified atom stereocenters. The highest BCUT2D eigenvalue weighted by atomic mass is 35.5. The summed E-state index contributed by atoms with van der Waals surface area (Å²) >= 11 is 5.81. The van der Waals surface area contributed by atoms with Crippen molar-refractivity contribution in [2.75, 3.05) is 0 Å². The highest BCUT2D eigenvalue weighted by Gasteiger charge is 1.94. The van der Waals surface area contributed by atoms with Gasteiger partial charge in [-0.1, -0.05) is 17.7 Å². The van der Waals surface area contributed by atoms with Crippen LogP contribution in [0.5, 0.6) is 0 Å². The van der Waals surface area contributed by atoms with Crippen molar-refractivity contribution in [3.8, 4) is 0 Å². The molecule has 1 aromatic rings. The fourth-order valence-corrected chi connectivity index (χ4v) is 0.992. The van der Waals surface area contributed by atoms with Crippen molar-refractivity contribution >= 4 is 23.6 Å². The molecule has 13 heavy (non-hydrogen) atoms. The normalized spacial score (nSPS) is 10.5. The van der Waals surface area contributed by atoms with Crippen molar-refractivity contribution in [1.29, 1.82) is 0 Å². The maximum absolute atomic E-state index is 10.4. The van der Waals surface area contributed by atoms with Crippen LogP contribution in [0.3, 0.4) is 0 Å². The first-order valence-electron chi connectivity index (χ1n) is 3.75. The summed E-state index contributed by atoms with van der Waals surface area (Å²) < 4.78 is 0. The summed E-state index contributed by atoms with van der Waals surface area (Å²) in [5.74, 6) is -0.372. The molecule has 0 radical (unpaired) electrons. The van der Waals surface area contributed by atoms with E-state index in [2.05, 4.69) is 4.98 Å². The van der Waals surface area contributed by atoms with E-state index in [0.29, 0.717) is 10.7 Å². The highest BCUT2D eigenvalue weighted by molar-refractivity contribution is 6.31. The van der Waals surface area contributed by atoms with E-state index in [0.717, 1.165) is 0 Å². The largest absolute Gasteiger partial charge is 0.369 e. The SMILES string of the molecule is NC(=O)CC=Cc1ncccc1Cl. The molecule has 1 amide bonds. The van der Waals surface area contributed by atoms with Crippen LogP contribution >= 0.6 is 11.6 Å². The monoisotopic (exact) mass is 196 g/mol. The number of aromatic nitrogens is 1. The third-order valence-electron chi connectivity index (χ3n) is 1.38. The van der Waals surface area contributed by atoms with E-state index < -0.39 is 0 Å². The number of pyridine rings is 1. The van der Waals surface area contributed by atoms with Crippen molar-refractivity contribution in [3.05, 3.63) is 35.1 Å². The number of carbonyl (C=O) groups is 1. The van der Waals surface area contributed by atoms with Crippen LogP contribution < -0.4 is 5.73 Å². The molecule has 0 saturated heterocycles. The third-order valence-corrected chi connectivity index (χ3v) is 1.70. The molecule has 3 nitrogen and oxygen atoms in total. The summed E-state index contributed by atoms with van der Waals surface area (Å²) in [6.45, 7) is 0. The van der Waals surface area contributed by atoms with E-state index in [1.54, 1.807) is 30.5 Å². The fraction of sp³-hybridized carbons (Fsp3) is 0.111. The number of carbonyl (C=O) groups excluding carboxylic acids is 1. The van der Waals surface area contributed by atoms with Crippen LogP contribution in [-0.2, 0) is 4.79 Å². The van der Waals surface area contributed by atoms with Gasteiger partial charge in [-0.15, -0.1) is 0 Å². The molecule has 0 bridgehead atoms. The van der Waals surface area contributed by atoms with Gasteiger partial charge in [-0.25, -0.2) is 0 Å². The van der Waals surface area contributed by atoms with Gasteiger partial charge < -0.3 is 5.73 Å². The minimum absolute atomic E-state index is 0.201. The summed E-state index contributed by atoms with van der Waals surface area (Å²) in [4.78, 5) is 14.4. The number of nitrogens with two attached hydrogens (primary N) is 1. The summed E-state index contributed by atoms with van der Waals surface area (Å²) in [5.41, 5.74) is 5.59. The zero-order valence-corrected chi connectivity index (χ0v) is 7.66. The molecule has 0 aliphatic heterocycles. The van der Waals surface area contributed by atoms with Gasteiger partial charge in [0.05, 0.1) is 10.7 Å². The minimum Gasteiger partial charge on any atom is -0.369 e. The van der Waals surface area contributed by atoms with Gasteiger partial charge in [0.2, 0.25) is 5.91 Å². The number of hydrogen-bond donors (Lipinski definition) is 1. The lowest BCUT2D eigenvalue weighted by molar-refractivity contribution is -0.117. The molecule has 2 N–H and O–H groups in total. The van der Waals surface area contributed by atoms with Crippen molar-refractivity contribution < 1.29 is 4.79 Å². The Hall–Kier alpha value is -1.35. The van der Waals surface area contributed by atoms with E-state index in [1.165, 1.54) is 0 Å². The summed E-state index contributed by atoms with van der Waals surface area (Å²) in [7, 11) is 0. The Bertz CT molecular complexity index is 336. The summed E-state index contributed by atoms with van der Waals surface area (Å²) in [5, 5.41) is 0.559. The third kappa shape index (κ3) is 3.25. The molecule has 4 heteroatoms. The average molecular weight is 197 g/mol. The molecule has 0 spiro atoms. The van der Waals surface area contributed by atoms with Crippen LogP contribution in [0.25, 0.3) is 6.08 Å². The Morgan fingerprint density at radius 2 is 2.46 bits per heavy atom. The van der Waals surface area contributed by atoms with Gasteiger partial charge in [0.15, 0.2) is 0 Å². The lowest BCUT2D eigenvalue weighted by Gasteiger charge is -1.94. The van der Waals surface area contributed by atoms with Crippen molar-refractivity contribution in [2.45, 2.75) is 6.42 Å². The maximum atomic E-state index is 10.4. The highest BCUT2D eigenvalue weighted by Crippen LogP contribution is 2.13. The standard InChI is InChI=1S/C9H9ClN2O/c10-7-3-2-6-12-8(7)4-1-5-9(11)13/h1-4,6H,5H2,(H2,11,13). The lowest BCUT2D eigenvalue weighted by Crippen LogP contribution is -2.07. The minimum atomic E-state index is -0.372. The average Bonchev–Trinajstić information content (AvgIpc) is 2.08. The Labute approximate surface area is 81.2 Å². The number of halogens is 1. The topological polar surface area (TPSA) is 56.0 Å². The van der Waals surface area contributed by atoms with E-state index >= 15 is 0 Å². The van der Waals surface area contributed by atoms with E-state index in [4.69, 9.17) is 17.3 Å². The number of nitrogens with zero attached hydrogens (tertiary/aromatic N) is 1. The summed E-state index contributed by atoms with van der Waals surface area (Å²) in [6, 6.07) is 3.48. The second-order valence-electron chi connectivity index (χ2n) is 2.44. The van der Waals surface area contributed by atoms with E-state index in [9.17, 15) is 4.79 Å². The van der Waals surface area contributed by atoms with Gasteiger partial charge in [-0.3, -0.25) is 9.78 Å². The van der Waals surface area contributed by atoms with Crippen LogP contribution in [0, 0.1) is 0 Å². The molecule has 68 valence electrons. The Balaban J connectivity index is 2.68. The fourth-order valence-electron chi connectivity index (χ4n) is 0.807. The zero-order chi connectivity index (χ0) is 9.68. The number of primary amides is 1. The molecule has 1 aromatic heterocycles. The van der Waals surface area contributed by atoms with Crippen LogP contribution in [-0.4, -0.2) is 10.9 Å². The smallest absolute Gasteiger partial charge is 0.221 e. The van der Waals surface area contributed by atoms with Crippen molar-refractivity contribution in [1.82, 2.24) is 4.98 Å². The van der Waals surface area contributed by atoms with E-state index in [-0.39, 0.29) is 12.3 Å².